The first-order chi connectivity index (χ1) is 16.4. The third-order valence-corrected chi connectivity index (χ3v) is 7.75. The van der Waals surface area contributed by atoms with E-state index < -0.39 is 27.7 Å². The highest BCUT2D eigenvalue weighted by molar-refractivity contribution is 7.89. The highest BCUT2D eigenvalue weighted by Gasteiger charge is 2.34. The predicted octanol–water partition coefficient (Wildman–Crippen LogP) is 3.34. The molecule has 1 fully saturated rings. The Bertz CT molecular complexity index is 1180. The summed E-state index contributed by atoms with van der Waals surface area (Å²) in [6, 6.07) is 9.76. The first-order valence-electron chi connectivity index (χ1n) is 10.9. The van der Waals surface area contributed by atoms with Crippen molar-refractivity contribution in [3.05, 3.63) is 77.9 Å². The van der Waals surface area contributed by atoms with Crippen LogP contribution in [0.15, 0.2) is 66.1 Å². The van der Waals surface area contributed by atoms with Crippen molar-refractivity contribution in [3.8, 4) is 0 Å². The minimum absolute atomic E-state index is 0.0201. The van der Waals surface area contributed by atoms with Crippen LogP contribution in [-0.2, 0) is 27.5 Å². The number of halogens is 3. The maximum atomic E-state index is 13.0. The molecular formula is C24H26F3N3O4S. The van der Waals surface area contributed by atoms with Crippen LogP contribution in [0.2, 0.25) is 0 Å². The third kappa shape index (κ3) is 6.49. The van der Waals surface area contributed by atoms with Crippen LogP contribution in [-0.4, -0.2) is 43.7 Å². The van der Waals surface area contributed by atoms with Gasteiger partial charge in [-0.3, -0.25) is 9.59 Å². The van der Waals surface area contributed by atoms with Gasteiger partial charge in [0.1, 0.15) is 0 Å². The van der Waals surface area contributed by atoms with Crippen molar-refractivity contribution in [2.75, 3.05) is 13.1 Å². The molecule has 0 aromatic heterocycles. The molecule has 2 atom stereocenters. The molecule has 2 N–H and O–H groups in total. The van der Waals surface area contributed by atoms with Gasteiger partial charge in [-0.1, -0.05) is 25.6 Å². The van der Waals surface area contributed by atoms with E-state index in [1.54, 1.807) is 0 Å². The largest absolute Gasteiger partial charge is 0.416 e. The summed E-state index contributed by atoms with van der Waals surface area (Å²) in [5.74, 6) is -0.885. The van der Waals surface area contributed by atoms with Crippen LogP contribution in [0.4, 0.5) is 13.2 Å². The number of rotatable bonds is 7. The molecule has 1 saturated heterocycles. The Kier molecular flexibility index (Phi) is 8.01. The topological polar surface area (TPSA) is 95.6 Å². The van der Waals surface area contributed by atoms with Crippen LogP contribution in [0.25, 0.3) is 0 Å². The van der Waals surface area contributed by atoms with Crippen molar-refractivity contribution in [2.45, 2.75) is 37.0 Å². The molecule has 0 spiro atoms. The molecule has 0 bridgehead atoms. The minimum Gasteiger partial charge on any atom is -0.349 e. The number of alkyl halides is 3. The maximum absolute atomic E-state index is 13.0. The zero-order valence-corrected chi connectivity index (χ0v) is 19.8. The standard InChI is InChI=1S/C24H26F3N3O4S/c1-3-22(31)29-21-12-13-30(15-16(21)2)35(33,34)20-10-6-18(7-11-20)23(32)28-14-17-4-8-19(9-5-17)24(25,26)27/h3-11,16,21H,1,12-15H2,2H3,(H,28,32)(H,29,31). The lowest BCUT2D eigenvalue weighted by molar-refractivity contribution is -0.137. The first kappa shape index (κ1) is 26.4. The normalized spacial score (nSPS) is 19.1. The van der Waals surface area contributed by atoms with Crippen LogP contribution in [0.1, 0.15) is 34.8 Å². The van der Waals surface area contributed by atoms with Gasteiger partial charge in [-0.25, -0.2) is 8.42 Å². The number of nitrogens with one attached hydrogen (secondary N) is 2. The number of carbonyl (C=O) groups is 2. The molecule has 7 nitrogen and oxygen atoms in total. The summed E-state index contributed by atoms with van der Waals surface area (Å²) in [6.45, 7) is 5.78. The van der Waals surface area contributed by atoms with Crippen molar-refractivity contribution in [3.63, 3.8) is 0 Å². The highest BCUT2D eigenvalue weighted by Crippen LogP contribution is 2.29. The van der Waals surface area contributed by atoms with E-state index in [4.69, 9.17) is 0 Å². The quantitative estimate of drug-likeness (QED) is 0.560. The van der Waals surface area contributed by atoms with Crippen LogP contribution in [0.5, 0.6) is 0 Å². The predicted molar refractivity (Wildman–Crippen MR) is 124 cm³/mol. The van der Waals surface area contributed by atoms with E-state index in [2.05, 4.69) is 17.2 Å². The fourth-order valence-electron chi connectivity index (χ4n) is 3.81. The second-order valence-corrected chi connectivity index (χ2v) is 10.3. The van der Waals surface area contributed by atoms with Crippen LogP contribution in [0, 0.1) is 5.92 Å². The molecule has 0 radical (unpaired) electrons. The lowest BCUT2D eigenvalue weighted by Gasteiger charge is -2.36. The van der Waals surface area contributed by atoms with Gasteiger partial charge in [0.15, 0.2) is 0 Å². The highest BCUT2D eigenvalue weighted by atomic mass is 32.2. The third-order valence-electron chi connectivity index (χ3n) is 5.87. The molecule has 2 unspecified atom stereocenters. The second-order valence-electron chi connectivity index (χ2n) is 8.35. The summed E-state index contributed by atoms with van der Waals surface area (Å²) in [4.78, 5) is 24.0. The van der Waals surface area contributed by atoms with E-state index >= 15 is 0 Å². The number of benzene rings is 2. The van der Waals surface area contributed by atoms with Gasteiger partial charge in [-0.15, -0.1) is 0 Å². The molecule has 2 aromatic rings. The molecule has 1 heterocycles. The van der Waals surface area contributed by atoms with Gasteiger partial charge >= 0.3 is 6.18 Å². The Labute approximate surface area is 202 Å². The molecule has 35 heavy (non-hydrogen) atoms. The van der Waals surface area contributed by atoms with Crippen molar-refractivity contribution in [1.29, 1.82) is 0 Å². The minimum atomic E-state index is -4.43. The van der Waals surface area contributed by atoms with Crippen molar-refractivity contribution in [2.24, 2.45) is 5.92 Å². The average Bonchev–Trinajstić information content (AvgIpc) is 2.83. The second kappa shape index (κ2) is 10.6. The fourth-order valence-corrected chi connectivity index (χ4v) is 5.36. The van der Waals surface area contributed by atoms with E-state index in [9.17, 15) is 31.2 Å². The SMILES string of the molecule is C=CC(=O)NC1CCN(S(=O)(=O)c2ccc(C(=O)NCc3ccc(C(F)(F)F)cc3)cc2)CC1C. The Balaban J connectivity index is 1.60. The maximum Gasteiger partial charge on any atom is 0.416 e. The van der Waals surface area contributed by atoms with Gasteiger partial charge in [-0.05, 0) is 60.4 Å². The fraction of sp³-hybridized carbons (Fsp3) is 0.333. The van der Waals surface area contributed by atoms with E-state index in [0.29, 0.717) is 12.0 Å². The van der Waals surface area contributed by atoms with Crippen LogP contribution in [0.3, 0.4) is 0 Å². The molecule has 0 saturated carbocycles. The first-order valence-corrected chi connectivity index (χ1v) is 12.3. The Morgan fingerprint density at radius 3 is 2.29 bits per heavy atom. The lowest BCUT2D eigenvalue weighted by Crippen LogP contribution is -2.51. The van der Waals surface area contributed by atoms with E-state index in [0.717, 1.165) is 12.1 Å². The van der Waals surface area contributed by atoms with Gasteiger partial charge in [-0.2, -0.15) is 17.5 Å². The van der Waals surface area contributed by atoms with Gasteiger partial charge < -0.3 is 10.6 Å². The summed E-state index contributed by atoms with van der Waals surface area (Å²) in [7, 11) is -3.79. The molecular weight excluding hydrogens is 483 g/mol. The smallest absolute Gasteiger partial charge is 0.349 e. The summed E-state index contributed by atoms with van der Waals surface area (Å²) in [6.07, 6.45) is -2.79. The molecule has 3 rings (SSSR count). The van der Waals surface area contributed by atoms with Crippen molar-refractivity contribution in [1.82, 2.24) is 14.9 Å². The summed E-state index contributed by atoms with van der Waals surface area (Å²) < 4.78 is 65.4. The van der Waals surface area contributed by atoms with Crippen molar-refractivity contribution >= 4 is 21.8 Å². The average molecular weight is 510 g/mol. The van der Waals surface area contributed by atoms with Gasteiger partial charge in [0.25, 0.3) is 5.91 Å². The number of hydrogen-bond acceptors (Lipinski definition) is 4. The number of amides is 2. The Morgan fingerprint density at radius 2 is 1.74 bits per heavy atom. The molecule has 2 amide bonds. The molecule has 1 aliphatic rings. The monoisotopic (exact) mass is 509 g/mol. The number of sulfonamides is 1. The number of hydrogen-bond donors (Lipinski definition) is 2. The molecule has 1 aliphatic heterocycles. The van der Waals surface area contributed by atoms with Crippen LogP contribution < -0.4 is 10.6 Å². The summed E-state index contributed by atoms with van der Waals surface area (Å²) in [5, 5.41) is 5.41. The van der Waals surface area contributed by atoms with E-state index in [1.807, 2.05) is 6.92 Å². The van der Waals surface area contributed by atoms with E-state index in [1.165, 1.54) is 46.8 Å². The van der Waals surface area contributed by atoms with Gasteiger partial charge in [0.05, 0.1) is 10.5 Å². The number of carbonyl (C=O) groups excluding carboxylic acids is 2. The van der Waals surface area contributed by atoms with Gasteiger partial charge in [0, 0.05) is 31.2 Å². The zero-order valence-electron chi connectivity index (χ0n) is 19.0. The number of nitrogens with zero attached hydrogens (tertiary/aromatic N) is 1. The summed E-state index contributed by atoms with van der Waals surface area (Å²) in [5.41, 5.74) is -0.0630. The molecule has 11 heteroatoms. The Hall–Kier alpha value is -3.18. The van der Waals surface area contributed by atoms with Gasteiger partial charge in [0.2, 0.25) is 15.9 Å². The summed E-state index contributed by atoms with van der Waals surface area (Å²) >= 11 is 0. The number of piperidine rings is 1. The Morgan fingerprint density at radius 1 is 1.11 bits per heavy atom. The molecule has 188 valence electrons. The van der Waals surface area contributed by atoms with Crippen LogP contribution >= 0.6 is 0 Å². The van der Waals surface area contributed by atoms with E-state index in [-0.39, 0.29) is 48.0 Å². The van der Waals surface area contributed by atoms with Crippen molar-refractivity contribution < 1.29 is 31.2 Å². The lowest BCUT2D eigenvalue weighted by atomic mass is 9.95. The molecule has 2 aromatic carbocycles. The molecule has 0 aliphatic carbocycles. The zero-order chi connectivity index (χ0) is 25.8.